The van der Waals surface area contributed by atoms with Crippen molar-refractivity contribution in [3.05, 3.63) is 29.8 Å². The molecule has 0 aliphatic rings. The molecule has 1 aromatic rings. The summed E-state index contributed by atoms with van der Waals surface area (Å²) in [7, 11) is -3.91. The van der Waals surface area contributed by atoms with Gasteiger partial charge in [-0.05, 0) is 30.7 Å². The van der Waals surface area contributed by atoms with Gasteiger partial charge >= 0.3 is 13.6 Å². The Morgan fingerprint density at radius 3 is 2.50 bits per heavy atom. The first-order valence-electron chi connectivity index (χ1n) is 5.40. The van der Waals surface area contributed by atoms with Gasteiger partial charge in [0.1, 0.15) is 0 Å². The highest BCUT2D eigenvalue weighted by Crippen LogP contribution is 2.35. The summed E-state index contributed by atoms with van der Waals surface area (Å²) in [6, 6.07) is 6.71. The van der Waals surface area contributed by atoms with Crippen molar-refractivity contribution in [2.24, 2.45) is 0 Å². The van der Waals surface area contributed by atoms with E-state index >= 15 is 0 Å². The van der Waals surface area contributed by atoms with Crippen LogP contribution in [0.2, 0.25) is 0 Å². The molecule has 0 atom stereocenters. The van der Waals surface area contributed by atoms with Gasteiger partial charge in [0.15, 0.2) is 0 Å². The molecular weight excluding hydrogens is 275 g/mol. The van der Waals surface area contributed by atoms with Gasteiger partial charge in [0.05, 0.1) is 5.56 Å². The van der Waals surface area contributed by atoms with Crippen LogP contribution in [0.4, 0.5) is 0 Å². The number of rotatable bonds is 7. The van der Waals surface area contributed by atoms with Crippen LogP contribution in [0.15, 0.2) is 29.2 Å². The van der Waals surface area contributed by atoms with E-state index in [1.165, 1.54) is 11.8 Å². The van der Waals surface area contributed by atoms with Gasteiger partial charge < -0.3 is 14.9 Å². The van der Waals surface area contributed by atoms with Crippen molar-refractivity contribution in [3.8, 4) is 0 Å². The molecule has 0 radical (unpaired) electrons. The van der Waals surface area contributed by atoms with E-state index in [-0.39, 0.29) is 11.7 Å². The molecule has 0 bridgehead atoms. The third kappa shape index (κ3) is 5.69. The van der Waals surface area contributed by atoms with E-state index in [0.717, 1.165) is 0 Å². The van der Waals surface area contributed by atoms with Crippen LogP contribution in [0.25, 0.3) is 0 Å². The highest BCUT2D eigenvalue weighted by Gasteiger charge is 2.12. The van der Waals surface area contributed by atoms with Crippen molar-refractivity contribution >= 4 is 25.3 Å². The predicted molar refractivity (Wildman–Crippen MR) is 70.3 cm³/mol. The second kappa shape index (κ2) is 6.95. The molecule has 0 aliphatic carbocycles. The van der Waals surface area contributed by atoms with E-state index in [1.54, 1.807) is 24.3 Å². The third-order valence-electron chi connectivity index (χ3n) is 2.22. The minimum atomic E-state index is -3.91. The van der Waals surface area contributed by atoms with E-state index in [9.17, 15) is 9.36 Å². The van der Waals surface area contributed by atoms with Gasteiger partial charge in [-0.25, -0.2) is 4.79 Å². The summed E-state index contributed by atoms with van der Waals surface area (Å²) in [6.07, 6.45) is 0.963. The minimum absolute atomic E-state index is 0.117. The molecule has 1 rings (SSSR count). The molecule has 0 aromatic heterocycles. The van der Waals surface area contributed by atoms with Crippen molar-refractivity contribution in [1.82, 2.24) is 0 Å². The normalized spacial score (nSPS) is 11.4. The average molecular weight is 290 g/mol. The fourth-order valence-electron chi connectivity index (χ4n) is 1.37. The first-order chi connectivity index (χ1) is 8.40. The summed E-state index contributed by atoms with van der Waals surface area (Å²) in [5, 5.41) is 8.96. The van der Waals surface area contributed by atoms with Crippen LogP contribution >= 0.6 is 19.4 Å². The van der Waals surface area contributed by atoms with Gasteiger partial charge in [-0.3, -0.25) is 4.57 Å². The van der Waals surface area contributed by atoms with E-state index in [4.69, 9.17) is 14.9 Å². The van der Waals surface area contributed by atoms with Crippen molar-refractivity contribution in [1.29, 1.82) is 0 Å². The third-order valence-corrected chi connectivity index (χ3v) is 4.28. The first-order valence-corrected chi connectivity index (χ1v) is 8.18. The summed E-state index contributed by atoms with van der Waals surface area (Å²) in [4.78, 5) is 29.0. The number of thioether (sulfide) groups is 1. The zero-order valence-electron chi connectivity index (χ0n) is 9.65. The molecule has 0 spiro atoms. The van der Waals surface area contributed by atoms with Crippen molar-refractivity contribution < 1.29 is 24.3 Å². The lowest BCUT2D eigenvalue weighted by atomic mass is 10.2. The lowest BCUT2D eigenvalue weighted by Crippen LogP contribution is -1.98. The Labute approximate surface area is 109 Å². The molecule has 7 heteroatoms. The Morgan fingerprint density at radius 2 is 1.89 bits per heavy atom. The molecule has 0 aliphatic heterocycles. The van der Waals surface area contributed by atoms with E-state index in [2.05, 4.69) is 0 Å². The number of benzene rings is 1. The van der Waals surface area contributed by atoms with E-state index in [1.807, 2.05) is 0 Å². The summed E-state index contributed by atoms with van der Waals surface area (Å²) < 4.78 is 10.6. The lowest BCUT2D eigenvalue weighted by molar-refractivity contribution is 0.0693. The van der Waals surface area contributed by atoms with Crippen LogP contribution < -0.4 is 0 Å². The Kier molecular flexibility index (Phi) is 5.88. The number of carbonyl (C=O) groups is 1. The summed E-state index contributed by atoms with van der Waals surface area (Å²) in [5.41, 5.74) is 0.262. The van der Waals surface area contributed by atoms with Gasteiger partial charge in [0, 0.05) is 11.1 Å². The highest BCUT2D eigenvalue weighted by atomic mass is 32.2. The Morgan fingerprint density at radius 1 is 1.22 bits per heavy atom. The minimum Gasteiger partial charge on any atom is -0.478 e. The van der Waals surface area contributed by atoms with Gasteiger partial charge in [0.2, 0.25) is 0 Å². The fraction of sp³-hybridized carbons (Fsp3) is 0.364. The maximum absolute atomic E-state index is 10.9. The zero-order valence-corrected chi connectivity index (χ0v) is 11.4. The molecule has 18 heavy (non-hydrogen) atoms. The van der Waals surface area contributed by atoms with Crippen molar-refractivity contribution in [2.75, 3.05) is 11.9 Å². The maximum Gasteiger partial charge on any atom is 0.336 e. The molecule has 1 aromatic carbocycles. The molecule has 0 unspecified atom stereocenters. The largest absolute Gasteiger partial charge is 0.478 e. The van der Waals surface area contributed by atoms with Crippen LogP contribution in [0, 0.1) is 0 Å². The summed E-state index contributed by atoms with van der Waals surface area (Å²) in [5.74, 6) is -0.321. The molecule has 0 amide bonds. The second-order valence-electron chi connectivity index (χ2n) is 3.75. The molecule has 0 saturated carbocycles. The molecular formula is C11H15O5PS. The number of carboxylic acids is 1. The smallest absolute Gasteiger partial charge is 0.336 e. The van der Waals surface area contributed by atoms with Crippen LogP contribution in [-0.2, 0) is 4.57 Å². The van der Waals surface area contributed by atoms with Crippen LogP contribution in [0.3, 0.4) is 0 Å². The fourth-order valence-corrected chi connectivity index (χ4v) is 3.06. The highest BCUT2D eigenvalue weighted by molar-refractivity contribution is 7.99. The number of unbranched alkanes of at least 4 members (excludes halogenated alkanes) is 1. The van der Waals surface area contributed by atoms with E-state index in [0.29, 0.717) is 23.5 Å². The molecule has 0 heterocycles. The van der Waals surface area contributed by atoms with E-state index < -0.39 is 13.6 Å². The molecule has 5 nitrogen and oxygen atoms in total. The van der Waals surface area contributed by atoms with Gasteiger partial charge in [0.25, 0.3) is 0 Å². The van der Waals surface area contributed by atoms with Crippen LogP contribution in [0.5, 0.6) is 0 Å². The Bertz CT molecular complexity index is 457. The maximum atomic E-state index is 10.9. The van der Waals surface area contributed by atoms with Crippen molar-refractivity contribution in [3.63, 3.8) is 0 Å². The van der Waals surface area contributed by atoms with Gasteiger partial charge in [-0.1, -0.05) is 12.1 Å². The zero-order chi connectivity index (χ0) is 13.6. The number of carboxylic acid groups (broad SMARTS) is 1. The average Bonchev–Trinajstić information content (AvgIpc) is 2.27. The number of aromatic carboxylic acids is 1. The molecule has 0 saturated heterocycles. The lowest BCUT2D eigenvalue weighted by Gasteiger charge is -2.06. The summed E-state index contributed by atoms with van der Waals surface area (Å²) >= 11 is 1.39. The Balaban J connectivity index is 2.40. The summed E-state index contributed by atoms with van der Waals surface area (Å²) in [6.45, 7) is 0. The van der Waals surface area contributed by atoms with Gasteiger partial charge in [-0.2, -0.15) is 0 Å². The molecule has 100 valence electrons. The van der Waals surface area contributed by atoms with Crippen LogP contribution in [-0.4, -0.2) is 32.8 Å². The first kappa shape index (κ1) is 15.2. The second-order valence-corrected chi connectivity index (χ2v) is 6.66. The standard InChI is InChI=1S/C11H15O5PS/c12-11(13)9-5-1-2-6-10(9)18-8-4-3-7-17(14,15)16/h1-2,5-6H,3-4,7-8H2,(H,12,13)(H2,14,15,16). The molecule has 3 N–H and O–H groups in total. The number of hydrogen-bond donors (Lipinski definition) is 3. The topological polar surface area (TPSA) is 94.8 Å². The van der Waals surface area contributed by atoms with Gasteiger partial charge in [-0.15, -0.1) is 11.8 Å². The quantitative estimate of drug-likeness (QED) is 0.405. The monoisotopic (exact) mass is 290 g/mol. The van der Waals surface area contributed by atoms with Crippen molar-refractivity contribution in [2.45, 2.75) is 17.7 Å². The molecule has 0 fully saturated rings. The predicted octanol–water partition coefficient (Wildman–Crippen LogP) is 2.43. The number of hydrogen-bond acceptors (Lipinski definition) is 3. The Hall–Kier alpha value is -0.810. The SMILES string of the molecule is O=C(O)c1ccccc1SCCCCP(=O)(O)O. The van der Waals surface area contributed by atoms with Crippen LogP contribution in [0.1, 0.15) is 23.2 Å².